The number of aliphatic hydroxyl groups excluding tert-OH is 5. The van der Waals surface area contributed by atoms with E-state index >= 15 is 0 Å². The summed E-state index contributed by atoms with van der Waals surface area (Å²) in [5.74, 6) is -0.603. The minimum atomic E-state index is -1.47. The van der Waals surface area contributed by atoms with Crippen molar-refractivity contribution in [3.8, 4) is 0 Å². The molecule has 6 unspecified atom stereocenters. The highest BCUT2D eigenvalue weighted by Crippen LogP contribution is 2.23. The molecule has 0 amide bonds. The van der Waals surface area contributed by atoms with Crippen LogP contribution in [-0.4, -0.2) is 56.1 Å². The van der Waals surface area contributed by atoms with Crippen LogP contribution < -0.4 is 0 Å². The van der Waals surface area contributed by atoms with Gasteiger partial charge in [-0.2, -0.15) is 0 Å². The van der Waals surface area contributed by atoms with E-state index in [1.54, 1.807) is 0 Å². The first-order chi connectivity index (χ1) is 7.20. The molecule has 0 aliphatic heterocycles. The van der Waals surface area contributed by atoms with Gasteiger partial charge in [0.2, 0.25) is 0 Å². The fraction of sp³-hybridized carbons (Fsp3) is 1.00. The largest absolute Gasteiger partial charge is 0.393 e. The van der Waals surface area contributed by atoms with E-state index in [0.717, 1.165) is 0 Å². The third-order valence-corrected chi connectivity index (χ3v) is 2.92. The molecule has 0 saturated heterocycles. The quantitative estimate of drug-likeness (QED) is 0.411. The van der Waals surface area contributed by atoms with Crippen LogP contribution in [0.25, 0.3) is 0 Å². The standard InChI is InChI=1S/C11H24O5/c1-5(2)8(6(3)12)10(15)11(16)9(14)7(4)13/h5-16H,1-4H3. The van der Waals surface area contributed by atoms with Crippen molar-refractivity contribution >= 4 is 0 Å². The van der Waals surface area contributed by atoms with Gasteiger partial charge in [-0.15, -0.1) is 0 Å². The van der Waals surface area contributed by atoms with E-state index in [4.69, 9.17) is 5.11 Å². The Morgan fingerprint density at radius 3 is 1.25 bits per heavy atom. The molecule has 5 nitrogen and oxygen atoms in total. The monoisotopic (exact) mass is 236 g/mol. The molecule has 0 aromatic rings. The van der Waals surface area contributed by atoms with Gasteiger partial charge in [0.15, 0.2) is 0 Å². The van der Waals surface area contributed by atoms with E-state index in [-0.39, 0.29) is 5.92 Å². The van der Waals surface area contributed by atoms with Crippen molar-refractivity contribution in [2.75, 3.05) is 0 Å². The summed E-state index contributed by atoms with van der Waals surface area (Å²) in [5, 5.41) is 47.6. The van der Waals surface area contributed by atoms with Gasteiger partial charge in [-0.05, 0) is 19.8 Å². The highest BCUT2D eigenvalue weighted by atomic mass is 16.4. The van der Waals surface area contributed by atoms with E-state index in [1.165, 1.54) is 13.8 Å². The first kappa shape index (κ1) is 15.8. The molecule has 0 spiro atoms. The van der Waals surface area contributed by atoms with Gasteiger partial charge in [-0.3, -0.25) is 0 Å². The van der Waals surface area contributed by atoms with Crippen molar-refractivity contribution in [1.82, 2.24) is 0 Å². The summed E-state index contributed by atoms with van der Waals surface area (Å²) >= 11 is 0. The highest BCUT2D eigenvalue weighted by molar-refractivity contribution is 4.86. The van der Waals surface area contributed by atoms with Crippen LogP contribution in [0.2, 0.25) is 0 Å². The molecule has 0 aliphatic carbocycles. The van der Waals surface area contributed by atoms with Gasteiger partial charge in [-0.25, -0.2) is 0 Å². The van der Waals surface area contributed by atoms with Crippen molar-refractivity contribution in [2.45, 2.75) is 58.2 Å². The van der Waals surface area contributed by atoms with Gasteiger partial charge in [0.1, 0.15) is 12.2 Å². The summed E-state index contributed by atoms with van der Waals surface area (Å²) in [6.07, 6.45) is -6.10. The SMILES string of the molecule is CC(C)C(C(C)O)C(O)C(O)C(O)C(C)O. The van der Waals surface area contributed by atoms with Gasteiger partial charge in [0.05, 0.1) is 18.3 Å². The number of aliphatic hydroxyl groups is 5. The molecule has 5 heteroatoms. The maximum Gasteiger partial charge on any atom is 0.109 e. The molecule has 16 heavy (non-hydrogen) atoms. The van der Waals surface area contributed by atoms with Crippen molar-refractivity contribution < 1.29 is 25.5 Å². The van der Waals surface area contributed by atoms with Crippen LogP contribution >= 0.6 is 0 Å². The Labute approximate surface area is 96.4 Å². The van der Waals surface area contributed by atoms with E-state index < -0.39 is 36.4 Å². The lowest BCUT2D eigenvalue weighted by Crippen LogP contribution is -2.50. The van der Waals surface area contributed by atoms with Crippen LogP contribution in [0.5, 0.6) is 0 Å². The minimum absolute atomic E-state index is 0.0501. The zero-order valence-corrected chi connectivity index (χ0v) is 10.3. The van der Waals surface area contributed by atoms with E-state index in [0.29, 0.717) is 0 Å². The number of hydrogen-bond acceptors (Lipinski definition) is 5. The van der Waals surface area contributed by atoms with E-state index in [1.807, 2.05) is 13.8 Å². The van der Waals surface area contributed by atoms with E-state index in [9.17, 15) is 20.4 Å². The molecule has 6 atom stereocenters. The number of hydrogen-bond donors (Lipinski definition) is 5. The van der Waals surface area contributed by atoms with E-state index in [2.05, 4.69) is 0 Å². The van der Waals surface area contributed by atoms with Crippen molar-refractivity contribution in [2.24, 2.45) is 11.8 Å². The fourth-order valence-electron chi connectivity index (χ4n) is 1.95. The maximum absolute atomic E-state index is 9.86. The lowest BCUT2D eigenvalue weighted by molar-refractivity contribution is -0.134. The van der Waals surface area contributed by atoms with Crippen LogP contribution in [0.1, 0.15) is 27.7 Å². The summed E-state index contributed by atoms with van der Waals surface area (Å²) in [5.41, 5.74) is 0. The lowest BCUT2D eigenvalue weighted by Gasteiger charge is -2.34. The Morgan fingerprint density at radius 2 is 1.00 bits per heavy atom. The molecule has 0 aromatic carbocycles. The maximum atomic E-state index is 9.86. The Hall–Kier alpha value is -0.200. The molecule has 0 fully saturated rings. The first-order valence-corrected chi connectivity index (χ1v) is 5.60. The van der Waals surface area contributed by atoms with Gasteiger partial charge >= 0.3 is 0 Å². The second-order valence-corrected chi connectivity index (χ2v) is 4.77. The third kappa shape index (κ3) is 3.99. The summed E-state index contributed by atoms with van der Waals surface area (Å²) in [6.45, 7) is 6.47. The van der Waals surface area contributed by atoms with Crippen molar-refractivity contribution in [1.29, 1.82) is 0 Å². The molecule has 0 radical (unpaired) electrons. The van der Waals surface area contributed by atoms with Crippen molar-refractivity contribution in [3.63, 3.8) is 0 Å². The third-order valence-electron chi connectivity index (χ3n) is 2.92. The van der Waals surface area contributed by atoms with Crippen LogP contribution in [0, 0.1) is 11.8 Å². The topological polar surface area (TPSA) is 101 Å². The van der Waals surface area contributed by atoms with Crippen LogP contribution in [-0.2, 0) is 0 Å². The fourth-order valence-corrected chi connectivity index (χ4v) is 1.95. The molecule has 0 aliphatic rings. The average Bonchev–Trinajstić information content (AvgIpc) is 2.13. The second-order valence-electron chi connectivity index (χ2n) is 4.77. The number of rotatable bonds is 6. The molecule has 0 aromatic heterocycles. The van der Waals surface area contributed by atoms with Crippen LogP contribution in [0.4, 0.5) is 0 Å². The average molecular weight is 236 g/mol. The zero-order valence-electron chi connectivity index (χ0n) is 10.3. The zero-order chi connectivity index (χ0) is 13.0. The van der Waals surface area contributed by atoms with Gasteiger partial charge in [0, 0.05) is 5.92 Å². The van der Waals surface area contributed by atoms with Crippen LogP contribution in [0.15, 0.2) is 0 Å². The molecular formula is C11H24O5. The molecule has 5 N–H and O–H groups in total. The molecule has 0 rings (SSSR count). The minimum Gasteiger partial charge on any atom is -0.393 e. The van der Waals surface area contributed by atoms with Crippen LogP contribution in [0.3, 0.4) is 0 Å². The van der Waals surface area contributed by atoms with Gasteiger partial charge in [0.25, 0.3) is 0 Å². The summed E-state index contributed by atoms with van der Waals surface area (Å²) in [4.78, 5) is 0. The summed E-state index contributed by atoms with van der Waals surface area (Å²) < 4.78 is 0. The Morgan fingerprint density at radius 1 is 0.562 bits per heavy atom. The Bertz CT molecular complexity index is 185. The predicted molar refractivity (Wildman–Crippen MR) is 59.7 cm³/mol. The molecule has 0 heterocycles. The lowest BCUT2D eigenvalue weighted by atomic mass is 9.82. The highest BCUT2D eigenvalue weighted by Gasteiger charge is 2.36. The van der Waals surface area contributed by atoms with Gasteiger partial charge < -0.3 is 25.5 Å². The molecule has 98 valence electrons. The summed E-state index contributed by atoms with van der Waals surface area (Å²) in [6, 6.07) is 0. The smallest absolute Gasteiger partial charge is 0.109 e. The second kappa shape index (κ2) is 6.51. The molecular weight excluding hydrogens is 212 g/mol. The molecule has 0 bridgehead atoms. The van der Waals surface area contributed by atoms with Gasteiger partial charge in [-0.1, -0.05) is 13.8 Å². The normalized spacial score (nSPS) is 23.6. The Kier molecular flexibility index (Phi) is 6.43. The first-order valence-electron chi connectivity index (χ1n) is 5.60. The summed E-state index contributed by atoms with van der Waals surface area (Å²) in [7, 11) is 0. The Balaban J connectivity index is 4.67. The van der Waals surface area contributed by atoms with Crippen molar-refractivity contribution in [3.05, 3.63) is 0 Å². The predicted octanol–water partition coefficient (Wildman–Crippen LogP) is -0.897. The molecule has 0 saturated carbocycles.